The fourth-order valence-electron chi connectivity index (χ4n) is 5.93. The molecule has 0 aliphatic heterocycles. The minimum atomic E-state index is -0.831. The first-order chi connectivity index (χ1) is 10.3. The smallest absolute Gasteiger partial charge is 0.0476 e. The molecule has 1 unspecified atom stereocenters. The highest BCUT2D eigenvalue weighted by atomic mass is 16.4. The van der Waals surface area contributed by atoms with Crippen LogP contribution < -0.4 is 5.11 Å². The summed E-state index contributed by atoms with van der Waals surface area (Å²) in [5.41, 5.74) is 1.17. The average Bonchev–Trinajstić information content (AvgIpc) is 2.46. The van der Waals surface area contributed by atoms with E-state index >= 15 is 0 Å². The van der Waals surface area contributed by atoms with Crippen molar-refractivity contribution in [2.24, 2.45) is 28.1 Å². The molecule has 0 saturated heterocycles. The molecule has 0 aromatic rings. The lowest BCUT2D eigenvalue weighted by molar-refractivity contribution is -0.326. The molecule has 0 bridgehead atoms. The van der Waals surface area contributed by atoms with Gasteiger partial charge in [0.25, 0.3) is 0 Å². The summed E-state index contributed by atoms with van der Waals surface area (Å²) < 4.78 is 0. The molecule has 3 aliphatic rings. The lowest BCUT2D eigenvalue weighted by Crippen LogP contribution is -2.57. The van der Waals surface area contributed by atoms with Gasteiger partial charge in [-0.25, -0.2) is 0 Å². The van der Waals surface area contributed by atoms with Crippen LogP contribution >= 0.6 is 0 Å². The van der Waals surface area contributed by atoms with Crippen molar-refractivity contribution in [1.29, 1.82) is 0 Å². The van der Waals surface area contributed by atoms with E-state index in [-0.39, 0.29) is 16.7 Å². The lowest BCUT2D eigenvalue weighted by Gasteiger charge is -2.60. The number of aliphatic carboxylic acids is 1. The van der Waals surface area contributed by atoms with Crippen LogP contribution in [-0.2, 0) is 4.79 Å². The number of hydrogen-bond donors (Lipinski definition) is 0. The van der Waals surface area contributed by atoms with Crippen molar-refractivity contribution in [3.8, 4) is 0 Å². The van der Waals surface area contributed by atoms with Crippen LogP contribution in [0.15, 0.2) is 24.3 Å². The number of carboxylic acid groups (broad SMARTS) is 1. The van der Waals surface area contributed by atoms with Crippen LogP contribution in [0.4, 0.5) is 0 Å². The Bertz CT molecular complexity index is 534. The lowest BCUT2D eigenvalue weighted by atomic mass is 9.45. The summed E-state index contributed by atoms with van der Waals surface area (Å²) in [4.78, 5) is 11.8. The van der Waals surface area contributed by atoms with Gasteiger partial charge in [-0.1, -0.05) is 44.9 Å². The van der Waals surface area contributed by atoms with Crippen molar-refractivity contribution in [2.75, 3.05) is 0 Å². The van der Waals surface area contributed by atoms with Crippen LogP contribution in [0.3, 0.4) is 0 Å². The maximum absolute atomic E-state index is 11.8. The Morgan fingerprint density at radius 2 is 2.00 bits per heavy atom. The third-order valence-electron chi connectivity index (χ3n) is 7.36. The molecule has 0 radical (unpaired) electrons. The summed E-state index contributed by atoms with van der Waals surface area (Å²) in [6.07, 6.45) is 11.8. The van der Waals surface area contributed by atoms with Gasteiger partial charge in [0, 0.05) is 16.8 Å². The molecule has 0 spiro atoms. The summed E-state index contributed by atoms with van der Waals surface area (Å²) >= 11 is 0. The predicted molar refractivity (Wildman–Crippen MR) is 86.9 cm³/mol. The summed E-state index contributed by atoms with van der Waals surface area (Å²) in [5, 5.41) is 11.8. The molecule has 3 rings (SSSR count). The van der Waals surface area contributed by atoms with Crippen LogP contribution in [-0.4, -0.2) is 5.97 Å². The number of carbonyl (C=O) groups excluding carboxylic acids is 1. The molecule has 0 N–H and O–H groups in total. The Kier molecular flexibility index (Phi) is 3.58. The minimum absolute atomic E-state index is 0.125. The highest BCUT2D eigenvalue weighted by Gasteiger charge is 2.56. The van der Waals surface area contributed by atoms with Gasteiger partial charge in [0.05, 0.1) is 0 Å². The second-order valence-corrected chi connectivity index (χ2v) is 8.68. The van der Waals surface area contributed by atoms with E-state index in [2.05, 4.69) is 32.6 Å². The summed E-state index contributed by atoms with van der Waals surface area (Å²) in [5.74, 6) is -0.0187. The van der Waals surface area contributed by atoms with Crippen molar-refractivity contribution in [3.63, 3.8) is 0 Å². The Morgan fingerprint density at radius 1 is 1.27 bits per heavy atom. The SMILES string of the molecule is C=C[C@@]1(C)C=C2CCC3[C@](C)(C(=O)[O-])CCC[C@]3(C)[C@H]2CC1. The summed E-state index contributed by atoms with van der Waals surface area (Å²) in [6.45, 7) is 10.6. The van der Waals surface area contributed by atoms with Gasteiger partial charge in [-0.3, -0.25) is 0 Å². The van der Waals surface area contributed by atoms with Crippen LogP contribution in [0.1, 0.15) is 65.7 Å². The van der Waals surface area contributed by atoms with E-state index < -0.39 is 11.4 Å². The Morgan fingerprint density at radius 3 is 2.64 bits per heavy atom. The molecule has 0 heterocycles. The fourth-order valence-corrected chi connectivity index (χ4v) is 5.93. The fraction of sp³-hybridized carbons (Fsp3) is 0.750. The Balaban J connectivity index is 1.99. The van der Waals surface area contributed by atoms with Gasteiger partial charge in [0.2, 0.25) is 0 Å². The number of fused-ring (bicyclic) bond motifs is 3. The maximum atomic E-state index is 11.8. The number of rotatable bonds is 2. The summed E-state index contributed by atoms with van der Waals surface area (Å²) in [6, 6.07) is 0. The van der Waals surface area contributed by atoms with Crippen molar-refractivity contribution >= 4 is 5.97 Å². The molecule has 2 nitrogen and oxygen atoms in total. The molecule has 2 heteroatoms. The monoisotopic (exact) mass is 301 g/mol. The maximum Gasteiger partial charge on any atom is 0.0476 e. The van der Waals surface area contributed by atoms with Gasteiger partial charge < -0.3 is 9.90 Å². The highest BCUT2D eigenvalue weighted by molar-refractivity contribution is 5.73. The molecule has 3 aliphatic carbocycles. The zero-order valence-electron chi connectivity index (χ0n) is 14.3. The third-order valence-corrected chi connectivity index (χ3v) is 7.36. The molecular weight excluding hydrogens is 272 g/mol. The van der Waals surface area contributed by atoms with E-state index in [0.717, 1.165) is 38.5 Å². The first kappa shape index (κ1) is 15.8. The number of carboxylic acids is 1. The van der Waals surface area contributed by atoms with Crippen molar-refractivity contribution < 1.29 is 9.90 Å². The Labute approximate surface area is 134 Å². The zero-order chi connectivity index (χ0) is 16.2. The van der Waals surface area contributed by atoms with Crippen molar-refractivity contribution in [2.45, 2.75) is 65.7 Å². The standard InChI is InChI=1S/C20H30O2/c1-5-18(2)12-9-15-14(13-18)7-8-16-19(15,3)10-6-11-20(16,4)17(21)22/h5,13,15-16H,1,6-12H2,2-4H3,(H,21,22)/p-1/t15-,16?,18+,19+,20+/m0/s1. The molecule has 0 aromatic carbocycles. The van der Waals surface area contributed by atoms with E-state index in [1.54, 1.807) is 5.57 Å². The van der Waals surface area contributed by atoms with Gasteiger partial charge in [-0.2, -0.15) is 0 Å². The first-order valence-corrected chi connectivity index (χ1v) is 8.82. The molecule has 0 amide bonds. The number of hydrogen-bond acceptors (Lipinski definition) is 2. The molecular formula is C20H29O2-. The zero-order valence-corrected chi connectivity index (χ0v) is 14.3. The van der Waals surface area contributed by atoms with Gasteiger partial charge >= 0.3 is 0 Å². The van der Waals surface area contributed by atoms with E-state index in [1.165, 1.54) is 6.42 Å². The summed E-state index contributed by atoms with van der Waals surface area (Å²) in [7, 11) is 0. The quantitative estimate of drug-likeness (QED) is 0.726. The molecule has 5 atom stereocenters. The van der Waals surface area contributed by atoms with Gasteiger partial charge in [-0.15, -0.1) is 6.58 Å². The second kappa shape index (κ2) is 4.97. The highest BCUT2D eigenvalue weighted by Crippen LogP contribution is 2.63. The molecule has 2 fully saturated rings. The molecule has 0 aromatic heterocycles. The van der Waals surface area contributed by atoms with Crippen LogP contribution in [0, 0.1) is 28.1 Å². The van der Waals surface area contributed by atoms with Crippen LogP contribution in [0.2, 0.25) is 0 Å². The third kappa shape index (κ3) is 2.10. The van der Waals surface area contributed by atoms with E-state index in [0.29, 0.717) is 5.92 Å². The van der Waals surface area contributed by atoms with Crippen molar-refractivity contribution in [1.82, 2.24) is 0 Å². The molecule has 22 heavy (non-hydrogen) atoms. The first-order valence-electron chi connectivity index (χ1n) is 8.82. The van der Waals surface area contributed by atoms with Gasteiger partial charge in [-0.05, 0) is 55.8 Å². The van der Waals surface area contributed by atoms with Gasteiger partial charge in [0.1, 0.15) is 0 Å². The number of carbonyl (C=O) groups is 1. The van der Waals surface area contributed by atoms with E-state index in [9.17, 15) is 9.90 Å². The van der Waals surface area contributed by atoms with Crippen LogP contribution in [0.25, 0.3) is 0 Å². The normalized spacial score (nSPS) is 47.9. The van der Waals surface area contributed by atoms with Gasteiger partial charge in [0.15, 0.2) is 0 Å². The topological polar surface area (TPSA) is 40.1 Å². The van der Waals surface area contributed by atoms with E-state index in [4.69, 9.17) is 0 Å². The predicted octanol–water partition coefficient (Wildman–Crippen LogP) is 3.87. The molecule has 2 saturated carbocycles. The van der Waals surface area contributed by atoms with Crippen LogP contribution in [0.5, 0.6) is 0 Å². The average molecular weight is 301 g/mol. The largest absolute Gasteiger partial charge is 0.550 e. The van der Waals surface area contributed by atoms with E-state index in [1.807, 2.05) is 6.92 Å². The minimum Gasteiger partial charge on any atom is -0.550 e. The molecule has 122 valence electrons. The number of allylic oxidation sites excluding steroid dienone is 3. The van der Waals surface area contributed by atoms with Crippen molar-refractivity contribution in [3.05, 3.63) is 24.3 Å². The second-order valence-electron chi connectivity index (χ2n) is 8.68. The Hall–Kier alpha value is -1.05.